The van der Waals surface area contributed by atoms with Crippen LogP contribution in [0.4, 0.5) is 21.4 Å². The Labute approximate surface area is 203 Å². The molecule has 0 radical (unpaired) electrons. The number of nitrogens with zero attached hydrogens (tertiary/aromatic N) is 4. The Morgan fingerprint density at radius 2 is 1.97 bits per heavy atom. The molecule has 0 aliphatic carbocycles. The second-order valence-electron chi connectivity index (χ2n) is 8.48. The van der Waals surface area contributed by atoms with E-state index in [1.165, 1.54) is 18.4 Å². The summed E-state index contributed by atoms with van der Waals surface area (Å²) in [5.74, 6) is 1.78. The highest BCUT2D eigenvalue weighted by molar-refractivity contribution is 7.15. The molecule has 10 heteroatoms. The van der Waals surface area contributed by atoms with Gasteiger partial charge in [0, 0.05) is 29.6 Å². The first-order valence-corrected chi connectivity index (χ1v) is 12.1. The Kier molecular flexibility index (Phi) is 7.46. The number of rotatable bonds is 8. The molecule has 1 aliphatic rings. The molecule has 34 heavy (non-hydrogen) atoms. The molecular formula is C24H30N6O3S. The molecule has 0 fully saturated rings. The van der Waals surface area contributed by atoms with E-state index in [1.54, 1.807) is 13.2 Å². The molecule has 1 aliphatic heterocycles. The molecule has 0 saturated heterocycles. The summed E-state index contributed by atoms with van der Waals surface area (Å²) in [6, 6.07) is 9.70. The Morgan fingerprint density at radius 3 is 2.74 bits per heavy atom. The van der Waals surface area contributed by atoms with E-state index in [0.29, 0.717) is 23.5 Å². The molecule has 0 spiro atoms. The number of aromatic nitrogens is 3. The lowest BCUT2D eigenvalue weighted by Crippen LogP contribution is -2.30. The fourth-order valence-electron chi connectivity index (χ4n) is 3.75. The van der Waals surface area contributed by atoms with E-state index in [2.05, 4.69) is 50.4 Å². The molecule has 2 N–H and O–H groups in total. The summed E-state index contributed by atoms with van der Waals surface area (Å²) in [7, 11) is 3.09. The largest absolute Gasteiger partial charge is 0.481 e. The van der Waals surface area contributed by atoms with Crippen LogP contribution in [-0.4, -0.2) is 41.7 Å². The minimum Gasteiger partial charge on any atom is -0.481 e. The third-order valence-corrected chi connectivity index (χ3v) is 6.59. The van der Waals surface area contributed by atoms with E-state index in [0.717, 1.165) is 53.4 Å². The van der Waals surface area contributed by atoms with Gasteiger partial charge in [0.1, 0.15) is 5.82 Å². The van der Waals surface area contributed by atoms with Crippen LogP contribution in [0.5, 0.6) is 11.9 Å². The lowest BCUT2D eigenvalue weighted by molar-refractivity contribution is 0.262. The second kappa shape index (κ2) is 10.7. The number of para-hydroxylation sites is 1. The van der Waals surface area contributed by atoms with Crippen molar-refractivity contribution < 1.29 is 14.3 Å². The summed E-state index contributed by atoms with van der Waals surface area (Å²) in [4.78, 5) is 29.2. The number of aryl methyl sites for hydroxylation is 1. The molecule has 180 valence electrons. The quantitative estimate of drug-likeness (QED) is 0.478. The number of benzene rings is 1. The predicted octanol–water partition coefficient (Wildman–Crippen LogP) is 4.75. The molecule has 3 aromatic rings. The van der Waals surface area contributed by atoms with Crippen LogP contribution in [0.25, 0.3) is 0 Å². The number of hydrogen-bond acceptors (Lipinski definition) is 8. The highest BCUT2D eigenvalue weighted by Crippen LogP contribution is 2.32. The number of methoxy groups -OCH3 is 2. The van der Waals surface area contributed by atoms with Gasteiger partial charge in [0.2, 0.25) is 5.88 Å². The van der Waals surface area contributed by atoms with Crippen molar-refractivity contribution in [3.63, 3.8) is 0 Å². The van der Waals surface area contributed by atoms with Crippen LogP contribution in [-0.2, 0) is 19.4 Å². The SMILES string of the molecule is COc1cc(N2CCc3nc(NC(=O)Nc4ccccc4CCC(C)C)sc3C2)nc(OC)n1. The van der Waals surface area contributed by atoms with Gasteiger partial charge in [-0.15, -0.1) is 0 Å². The van der Waals surface area contributed by atoms with Crippen molar-refractivity contribution in [1.29, 1.82) is 0 Å². The number of ether oxygens (including phenoxy) is 2. The van der Waals surface area contributed by atoms with Crippen molar-refractivity contribution in [3.8, 4) is 11.9 Å². The number of carbonyl (C=O) groups excluding carboxylic acids is 1. The average molecular weight is 483 g/mol. The van der Waals surface area contributed by atoms with Gasteiger partial charge in [-0.1, -0.05) is 43.4 Å². The predicted molar refractivity (Wildman–Crippen MR) is 134 cm³/mol. The third-order valence-electron chi connectivity index (χ3n) is 5.59. The normalized spacial score (nSPS) is 12.9. The highest BCUT2D eigenvalue weighted by Gasteiger charge is 2.23. The first-order valence-electron chi connectivity index (χ1n) is 11.3. The lowest BCUT2D eigenvalue weighted by Gasteiger charge is -2.27. The van der Waals surface area contributed by atoms with E-state index in [9.17, 15) is 4.79 Å². The molecule has 0 unspecified atom stereocenters. The number of amides is 2. The first kappa shape index (κ1) is 23.7. The van der Waals surface area contributed by atoms with Crippen LogP contribution in [0.3, 0.4) is 0 Å². The van der Waals surface area contributed by atoms with Gasteiger partial charge in [-0.3, -0.25) is 5.32 Å². The van der Waals surface area contributed by atoms with Crippen molar-refractivity contribution in [2.75, 3.05) is 36.3 Å². The smallest absolute Gasteiger partial charge is 0.325 e. The minimum atomic E-state index is -0.287. The van der Waals surface area contributed by atoms with E-state index in [1.807, 2.05) is 18.2 Å². The molecule has 2 amide bonds. The summed E-state index contributed by atoms with van der Waals surface area (Å²) in [6.45, 7) is 5.78. The van der Waals surface area contributed by atoms with Crippen LogP contribution in [0, 0.1) is 5.92 Å². The van der Waals surface area contributed by atoms with Crippen LogP contribution in [0.1, 0.15) is 36.4 Å². The second-order valence-corrected chi connectivity index (χ2v) is 9.57. The van der Waals surface area contributed by atoms with Crippen molar-refractivity contribution in [2.24, 2.45) is 5.92 Å². The Hall–Kier alpha value is -3.40. The Bertz CT molecular complexity index is 1130. The molecule has 2 aromatic heterocycles. The van der Waals surface area contributed by atoms with Crippen molar-refractivity contribution in [1.82, 2.24) is 15.0 Å². The molecular weight excluding hydrogens is 452 g/mol. The molecule has 4 rings (SSSR count). The van der Waals surface area contributed by atoms with Gasteiger partial charge in [-0.2, -0.15) is 9.97 Å². The number of carbonyl (C=O) groups is 1. The highest BCUT2D eigenvalue weighted by atomic mass is 32.1. The van der Waals surface area contributed by atoms with Gasteiger partial charge >= 0.3 is 12.0 Å². The standard InChI is InChI=1S/C24H30N6O3S/c1-15(2)9-10-16-7-5-6-8-17(16)25-22(31)29-24-26-18-11-12-30(14-19(18)34-24)20-13-21(32-3)28-23(27-20)33-4/h5-8,13,15H,9-12,14H2,1-4H3,(H2,25,26,29,31). The van der Waals surface area contributed by atoms with E-state index < -0.39 is 0 Å². The zero-order chi connectivity index (χ0) is 24.1. The maximum atomic E-state index is 12.7. The van der Waals surface area contributed by atoms with Crippen LogP contribution in [0.2, 0.25) is 0 Å². The molecule has 1 aromatic carbocycles. The molecule has 0 saturated carbocycles. The van der Waals surface area contributed by atoms with Gasteiger partial charge < -0.3 is 19.7 Å². The van der Waals surface area contributed by atoms with Crippen LogP contribution >= 0.6 is 11.3 Å². The summed E-state index contributed by atoms with van der Waals surface area (Å²) < 4.78 is 10.5. The maximum absolute atomic E-state index is 12.7. The number of anilines is 3. The van der Waals surface area contributed by atoms with E-state index in [4.69, 9.17) is 9.47 Å². The van der Waals surface area contributed by atoms with Gasteiger partial charge in [-0.25, -0.2) is 9.78 Å². The van der Waals surface area contributed by atoms with Gasteiger partial charge in [0.15, 0.2) is 5.13 Å². The van der Waals surface area contributed by atoms with Gasteiger partial charge in [-0.05, 0) is 30.4 Å². The molecule has 3 heterocycles. The van der Waals surface area contributed by atoms with Crippen molar-refractivity contribution in [2.45, 2.75) is 39.7 Å². The van der Waals surface area contributed by atoms with Crippen LogP contribution in [0.15, 0.2) is 30.3 Å². The third kappa shape index (κ3) is 5.74. The lowest BCUT2D eigenvalue weighted by atomic mass is 10.0. The monoisotopic (exact) mass is 482 g/mol. The summed E-state index contributed by atoms with van der Waals surface area (Å²) in [6.07, 6.45) is 2.75. The number of urea groups is 1. The van der Waals surface area contributed by atoms with Crippen LogP contribution < -0.4 is 25.0 Å². The van der Waals surface area contributed by atoms with E-state index >= 15 is 0 Å². The maximum Gasteiger partial charge on any atom is 0.325 e. The average Bonchev–Trinajstić information content (AvgIpc) is 3.24. The van der Waals surface area contributed by atoms with Gasteiger partial charge in [0.25, 0.3) is 0 Å². The molecule has 0 bridgehead atoms. The number of hydrogen-bond donors (Lipinski definition) is 2. The fourth-order valence-corrected chi connectivity index (χ4v) is 4.77. The Morgan fingerprint density at radius 1 is 1.15 bits per heavy atom. The minimum absolute atomic E-state index is 0.261. The number of thiazole rings is 1. The summed E-state index contributed by atoms with van der Waals surface area (Å²) in [5, 5.41) is 6.47. The molecule has 0 atom stereocenters. The van der Waals surface area contributed by atoms with Gasteiger partial charge in [0.05, 0.1) is 26.5 Å². The fraction of sp³-hybridized carbons (Fsp3) is 0.417. The summed E-state index contributed by atoms with van der Waals surface area (Å²) in [5.41, 5.74) is 2.97. The molecule has 9 nitrogen and oxygen atoms in total. The Balaban J connectivity index is 1.42. The topological polar surface area (TPSA) is 102 Å². The zero-order valence-corrected chi connectivity index (χ0v) is 20.7. The van der Waals surface area contributed by atoms with Crippen molar-refractivity contribution >= 4 is 34.0 Å². The summed E-state index contributed by atoms with van der Waals surface area (Å²) >= 11 is 1.48. The first-order chi connectivity index (χ1) is 16.4. The van der Waals surface area contributed by atoms with Crippen molar-refractivity contribution in [3.05, 3.63) is 46.5 Å². The number of fused-ring (bicyclic) bond motifs is 1. The number of nitrogens with one attached hydrogen (secondary N) is 2. The zero-order valence-electron chi connectivity index (χ0n) is 19.9. The van der Waals surface area contributed by atoms with E-state index in [-0.39, 0.29) is 12.0 Å².